The molecule has 0 bridgehead atoms. The molecule has 1 heterocycles. The Morgan fingerprint density at radius 1 is 1.00 bits per heavy atom. The molecule has 1 aliphatic carbocycles. The van der Waals surface area contributed by atoms with Crippen LogP contribution >= 0.6 is 0 Å². The quantitative estimate of drug-likeness (QED) is 0.748. The molecule has 22 heavy (non-hydrogen) atoms. The number of likely N-dealkylation sites (tertiary alicyclic amines) is 1. The van der Waals surface area contributed by atoms with E-state index in [0.29, 0.717) is 12.8 Å². The van der Waals surface area contributed by atoms with Gasteiger partial charge in [-0.2, -0.15) is 26.3 Å². The van der Waals surface area contributed by atoms with Gasteiger partial charge in [0.2, 0.25) is 0 Å². The van der Waals surface area contributed by atoms with Gasteiger partial charge in [-0.25, -0.2) is 4.79 Å². The molecule has 2 aliphatic rings. The first-order valence-electron chi connectivity index (χ1n) is 6.57. The molecule has 1 N–H and O–H groups in total. The molecule has 1 saturated carbocycles. The van der Waals surface area contributed by atoms with Crippen molar-refractivity contribution in [1.29, 1.82) is 0 Å². The fourth-order valence-corrected chi connectivity index (χ4v) is 2.33. The predicted octanol–water partition coefficient (Wildman–Crippen LogP) is 3.10. The van der Waals surface area contributed by atoms with E-state index in [1.165, 1.54) is 0 Å². The molecule has 0 unspecified atom stereocenters. The number of amides is 1. The molecular formula is C12H17F6NO3. The third-order valence-electron chi connectivity index (χ3n) is 3.85. The van der Waals surface area contributed by atoms with Crippen LogP contribution in [0.5, 0.6) is 0 Å². The summed E-state index contributed by atoms with van der Waals surface area (Å²) < 4.78 is 77.2. The van der Waals surface area contributed by atoms with Crippen molar-refractivity contribution < 1.29 is 41.0 Å². The van der Waals surface area contributed by atoms with E-state index in [4.69, 9.17) is 5.11 Å². The van der Waals surface area contributed by atoms with Gasteiger partial charge >= 0.3 is 18.4 Å². The highest BCUT2D eigenvalue weighted by atomic mass is 19.4. The van der Waals surface area contributed by atoms with E-state index in [0.717, 1.165) is 24.9 Å². The standard InChI is InChI=1S/C11H13F6NO2.CH4O/c12-10(13,14)7(11(15,16)17)20-8(19)18-5-3-9(1-2-9)4-6-18;1-2/h7H,1-6H2;2H,1H3. The molecule has 2 fully saturated rings. The molecule has 0 radical (unpaired) electrons. The summed E-state index contributed by atoms with van der Waals surface area (Å²) in [5.74, 6) is 0. The minimum absolute atomic E-state index is 0.140. The maximum absolute atomic E-state index is 12.3. The highest BCUT2D eigenvalue weighted by Gasteiger charge is 2.60. The summed E-state index contributed by atoms with van der Waals surface area (Å²) in [6.45, 7) is 0.280. The molecule has 1 saturated heterocycles. The van der Waals surface area contributed by atoms with Crippen LogP contribution in [0.25, 0.3) is 0 Å². The minimum atomic E-state index is -5.67. The van der Waals surface area contributed by atoms with Crippen molar-refractivity contribution in [2.75, 3.05) is 20.2 Å². The highest BCUT2D eigenvalue weighted by molar-refractivity contribution is 5.68. The summed E-state index contributed by atoms with van der Waals surface area (Å²) in [5.41, 5.74) is 0.157. The van der Waals surface area contributed by atoms with Gasteiger partial charge < -0.3 is 14.7 Å². The number of carbonyl (C=O) groups excluding carboxylic acids is 1. The lowest BCUT2D eigenvalue weighted by atomic mass is 9.94. The van der Waals surface area contributed by atoms with Crippen molar-refractivity contribution in [3.05, 3.63) is 0 Å². The average Bonchev–Trinajstić information content (AvgIpc) is 3.16. The monoisotopic (exact) mass is 337 g/mol. The van der Waals surface area contributed by atoms with Crippen LogP contribution in [-0.2, 0) is 4.74 Å². The van der Waals surface area contributed by atoms with E-state index < -0.39 is 24.5 Å². The van der Waals surface area contributed by atoms with Crippen molar-refractivity contribution in [2.45, 2.75) is 44.1 Å². The maximum atomic E-state index is 12.3. The fourth-order valence-electron chi connectivity index (χ4n) is 2.33. The molecule has 0 atom stereocenters. The molecule has 0 aromatic heterocycles. The number of aliphatic hydroxyl groups is 1. The Kier molecular flexibility index (Phi) is 5.58. The van der Waals surface area contributed by atoms with Gasteiger partial charge in [-0.3, -0.25) is 0 Å². The van der Waals surface area contributed by atoms with Crippen LogP contribution in [0.4, 0.5) is 31.1 Å². The van der Waals surface area contributed by atoms with Crippen molar-refractivity contribution in [3.63, 3.8) is 0 Å². The number of carbonyl (C=O) groups is 1. The van der Waals surface area contributed by atoms with Crippen molar-refractivity contribution >= 4 is 6.09 Å². The lowest BCUT2D eigenvalue weighted by Crippen LogP contribution is -2.49. The van der Waals surface area contributed by atoms with Gasteiger partial charge in [0.1, 0.15) is 0 Å². The number of nitrogens with zero attached hydrogens (tertiary/aromatic N) is 1. The summed E-state index contributed by atoms with van der Waals surface area (Å²) in [6, 6.07) is 0. The Balaban J connectivity index is 0.00000116. The molecular weight excluding hydrogens is 320 g/mol. The normalized spacial score (nSPS) is 20.5. The number of piperidine rings is 1. The largest absolute Gasteiger partial charge is 0.434 e. The lowest BCUT2D eigenvalue weighted by molar-refractivity contribution is -0.308. The Labute approximate surface area is 123 Å². The first kappa shape index (κ1) is 18.9. The van der Waals surface area contributed by atoms with E-state index in [2.05, 4.69) is 4.74 Å². The maximum Gasteiger partial charge on any atom is 0.434 e. The first-order valence-corrected chi connectivity index (χ1v) is 6.57. The first-order chi connectivity index (χ1) is 10.0. The molecule has 1 spiro atoms. The van der Waals surface area contributed by atoms with Crippen LogP contribution in [0.1, 0.15) is 25.7 Å². The number of hydrogen-bond acceptors (Lipinski definition) is 3. The highest BCUT2D eigenvalue weighted by Crippen LogP contribution is 2.53. The Morgan fingerprint density at radius 3 is 1.73 bits per heavy atom. The number of ether oxygens (including phenoxy) is 1. The van der Waals surface area contributed by atoms with Crippen molar-refractivity contribution in [2.24, 2.45) is 5.41 Å². The SMILES string of the molecule is CO.O=C(OC(C(F)(F)F)C(F)(F)F)N1CCC2(CC1)CC2. The van der Waals surface area contributed by atoms with E-state index in [1.54, 1.807) is 0 Å². The average molecular weight is 337 g/mol. The molecule has 0 aromatic carbocycles. The van der Waals surface area contributed by atoms with Crippen LogP contribution in [0.15, 0.2) is 0 Å². The van der Waals surface area contributed by atoms with E-state index >= 15 is 0 Å². The van der Waals surface area contributed by atoms with Crippen LogP contribution in [0, 0.1) is 5.41 Å². The number of halogens is 6. The molecule has 2 rings (SSSR count). The summed E-state index contributed by atoms with van der Waals surface area (Å²) in [7, 11) is 1.00. The minimum Gasteiger partial charge on any atom is -0.426 e. The molecule has 130 valence electrons. The van der Waals surface area contributed by atoms with Gasteiger partial charge in [-0.15, -0.1) is 0 Å². The van der Waals surface area contributed by atoms with Crippen LogP contribution in [-0.4, -0.2) is 54.8 Å². The second-order valence-electron chi connectivity index (χ2n) is 5.33. The molecule has 0 aromatic rings. The van der Waals surface area contributed by atoms with Crippen molar-refractivity contribution in [1.82, 2.24) is 4.90 Å². The van der Waals surface area contributed by atoms with E-state index in [-0.39, 0.29) is 18.5 Å². The summed E-state index contributed by atoms with van der Waals surface area (Å²) in [6.07, 6.45) is -13.7. The molecule has 1 aliphatic heterocycles. The van der Waals surface area contributed by atoms with Gasteiger partial charge in [0, 0.05) is 20.2 Å². The zero-order valence-corrected chi connectivity index (χ0v) is 11.8. The smallest absolute Gasteiger partial charge is 0.426 e. The van der Waals surface area contributed by atoms with E-state index in [9.17, 15) is 31.1 Å². The summed E-state index contributed by atoms with van der Waals surface area (Å²) >= 11 is 0. The third kappa shape index (κ3) is 4.65. The topological polar surface area (TPSA) is 49.8 Å². The second-order valence-corrected chi connectivity index (χ2v) is 5.33. The van der Waals surface area contributed by atoms with Crippen molar-refractivity contribution in [3.8, 4) is 0 Å². The molecule has 1 amide bonds. The Bertz CT molecular complexity index is 367. The number of aliphatic hydroxyl groups excluding tert-OH is 1. The van der Waals surface area contributed by atoms with Gasteiger partial charge in [-0.05, 0) is 31.1 Å². The zero-order valence-electron chi connectivity index (χ0n) is 11.8. The van der Waals surface area contributed by atoms with Gasteiger partial charge in [0.05, 0.1) is 0 Å². The van der Waals surface area contributed by atoms with Crippen LogP contribution in [0.3, 0.4) is 0 Å². The van der Waals surface area contributed by atoms with Crippen LogP contribution < -0.4 is 0 Å². The van der Waals surface area contributed by atoms with Gasteiger partial charge in [-0.1, -0.05) is 0 Å². The molecule has 10 heteroatoms. The summed E-state index contributed by atoms with van der Waals surface area (Å²) in [4.78, 5) is 12.3. The lowest BCUT2D eigenvalue weighted by Gasteiger charge is -2.33. The summed E-state index contributed by atoms with van der Waals surface area (Å²) in [5, 5.41) is 7.00. The van der Waals surface area contributed by atoms with Gasteiger partial charge in [0.25, 0.3) is 6.10 Å². The van der Waals surface area contributed by atoms with E-state index in [1.807, 2.05) is 0 Å². The Hall–Kier alpha value is -1.19. The fraction of sp³-hybridized carbons (Fsp3) is 0.917. The second kappa shape index (κ2) is 6.51. The zero-order chi connectivity index (χ0) is 17.2. The number of hydrogen-bond donors (Lipinski definition) is 1. The Morgan fingerprint density at radius 2 is 1.41 bits per heavy atom. The predicted molar refractivity (Wildman–Crippen MR) is 63.0 cm³/mol. The van der Waals surface area contributed by atoms with Crippen LogP contribution in [0.2, 0.25) is 0 Å². The third-order valence-corrected chi connectivity index (χ3v) is 3.85. The molecule has 4 nitrogen and oxygen atoms in total. The number of alkyl halides is 6. The van der Waals surface area contributed by atoms with Gasteiger partial charge in [0.15, 0.2) is 0 Å². The number of rotatable bonds is 1.